The van der Waals surface area contributed by atoms with Crippen molar-refractivity contribution < 1.29 is 19.2 Å². The molecule has 110 valence electrons. The summed E-state index contributed by atoms with van der Waals surface area (Å²) < 4.78 is 5.02. The summed E-state index contributed by atoms with van der Waals surface area (Å²) in [5, 5.41) is 15.8. The first-order chi connectivity index (χ1) is 9.36. The third-order valence-electron chi connectivity index (χ3n) is 3.94. The van der Waals surface area contributed by atoms with E-state index in [-0.39, 0.29) is 12.6 Å². The molecule has 0 radical (unpaired) electrons. The fourth-order valence-corrected chi connectivity index (χ4v) is 2.52. The van der Waals surface area contributed by atoms with Crippen LogP contribution in [0, 0.1) is 13.8 Å². The lowest BCUT2D eigenvalue weighted by Crippen LogP contribution is -2.53. The number of carboxylic acids is 1. The van der Waals surface area contributed by atoms with Crippen LogP contribution in [0.3, 0.4) is 0 Å². The number of aryl methyl sites for hydroxylation is 2. The second-order valence-corrected chi connectivity index (χ2v) is 5.30. The monoisotopic (exact) mass is 281 g/mol. The quantitative estimate of drug-likeness (QED) is 0.874. The Labute approximate surface area is 116 Å². The molecule has 1 aliphatic heterocycles. The minimum Gasteiger partial charge on any atom is -0.480 e. The van der Waals surface area contributed by atoms with E-state index in [1.165, 1.54) is 4.90 Å². The van der Waals surface area contributed by atoms with Crippen LogP contribution in [-0.2, 0) is 11.3 Å². The maximum absolute atomic E-state index is 12.2. The van der Waals surface area contributed by atoms with E-state index in [4.69, 9.17) is 4.52 Å². The minimum absolute atomic E-state index is 0.284. The van der Waals surface area contributed by atoms with Gasteiger partial charge in [-0.2, -0.15) is 0 Å². The van der Waals surface area contributed by atoms with Crippen LogP contribution in [0.1, 0.15) is 36.8 Å². The molecule has 1 saturated heterocycles. The Morgan fingerprint density at radius 1 is 1.50 bits per heavy atom. The normalized spacial score (nSPS) is 22.1. The molecule has 1 fully saturated rings. The molecule has 0 spiro atoms. The predicted molar refractivity (Wildman–Crippen MR) is 70.2 cm³/mol. The first kappa shape index (κ1) is 14.4. The second-order valence-electron chi connectivity index (χ2n) is 5.30. The molecule has 2 heterocycles. The van der Waals surface area contributed by atoms with Gasteiger partial charge < -0.3 is 19.8 Å². The molecule has 7 heteroatoms. The standard InChI is InChI=1S/C13H19N3O4/c1-8-10(9(2)20-15-8)7-14-12(19)16-6-4-5-13(16,3)11(17)18/h4-7H2,1-3H3,(H,14,19)(H,17,18). The maximum Gasteiger partial charge on any atom is 0.329 e. The van der Waals surface area contributed by atoms with Crippen molar-refractivity contribution in [3.8, 4) is 0 Å². The van der Waals surface area contributed by atoms with Crippen molar-refractivity contribution >= 4 is 12.0 Å². The zero-order valence-electron chi connectivity index (χ0n) is 11.9. The number of nitrogens with zero attached hydrogens (tertiary/aromatic N) is 2. The number of carboxylic acid groups (broad SMARTS) is 1. The van der Waals surface area contributed by atoms with Gasteiger partial charge in [0.25, 0.3) is 0 Å². The lowest BCUT2D eigenvalue weighted by molar-refractivity contribution is -0.147. The van der Waals surface area contributed by atoms with Gasteiger partial charge in [-0.05, 0) is 33.6 Å². The summed E-state index contributed by atoms with van der Waals surface area (Å²) in [6.45, 7) is 5.90. The molecule has 7 nitrogen and oxygen atoms in total. The van der Waals surface area contributed by atoms with Crippen molar-refractivity contribution in [2.24, 2.45) is 0 Å². The van der Waals surface area contributed by atoms with Gasteiger partial charge in [0, 0.05) is 18.7 Å². The van der Waals surface area contributed by atoms with Crippen LogP contribution < -0.4 is 5.32 Å². The molecule has 0 aliphatic carbocycles. The summed E-state index contributed by atoms with van der Waals surface area (Å²) in [5.41, 5.74) is 0.433. The van der Waals surface area contributed by atoms with E-state index >= 15 is 0 Å². The summed E-state index contributed by atoms with van der Waals surface area (Å²) in [6, 6.07) is -0.368. The SMILES string of the molecule is Cc1noc(C)c1CNC(=O)N1CCCC1(C)C(=O)O. The van der Waals surface area contributed by atoms with Crippen LogP contribution in [0.4, 0.5) is 4.79 Å². The van der Waals surface area contributed by atoms with Crippen molar-refractivity contribution in [3.05, 3.63) is 17.0 Å². The summed E-state index contributed by atoms with van der Waals surface area (Å²) >= 11 is 0. The second kappa shape index (κ2) is 5.15. The highest BCUT2D eigenvalue weighted by Gasteiger charge is 2.45. The predicted octanol–water partition coefficient (Wildman–Crippen LogP) is 1.44. The molecule has 2 amide bonds. The van der Waals surface area contributed by atoms with E-state index in [0.29, 0.717) is 25.1 Å². The van der Waals surface area contributed by atoms with Crippen LogP contribution in [0.2, 0.25) is 0 Å². The van der Waals surface area contributed by atoms with Gasteiger partial charge in [-0.3, -0.25) is 0 Å². The molecule has 1 unspecified atom stereocenters. The smallest absolute Gasteiger partial charge is 0.329 e. The van der Waals surface area contributed by atoms with Gasteiger partial charge in [-0.15, -0.1) is 0 Å². The number of carbonyl (C=O) groups excluding carboxylic acids is 1. The van der Waals surface area contributed by atoms with Crippen LogP contribution >= 0.6 is 0 Å². The Balaban J connectivity index is 2.04. The molecule has 20 heavy (non-hydrogen) atoms. The number of nitrogens with one attached hydrogen (secondary N) is 1. The van der Waals surface area contributed by atoms with E-state index in [0.717, 1.165) is 11.3 Å². The molecule has 1 atom stereocenters. The number of amides is 2. The third-order valence-corrected chi connectivity index (χ3v) is 3.94. The molecular formula is C13H19N3O4. The Bertz CT molecular complexity index is 520. The molecule has 2 N–H and O–H groups in total. The number of aromatic nitrogens is 1. The Morgan fingerprint density at radius 3 is 2.75 bits per heavy atom. The zero-order chi connectivity index (χ0) is 14.9. The molecule has 1 aliphatic rings. The van der Waals surface area contributed by atoms with Crippen molar-refractivity contribution in [1.82, 2.24) is 15.4 Å². The van der Waals surface area contributed by atoms with Crippen molar-refractivity contribution in [2.75, 3.05) is 6.54 Å². The minimum atomic E-state index is -1.12. The lowest BCUT2D eigenvalue weighted by Gasteiger charge is -2.31. The van der Waals surface area contributed by atoms with E-state index in [1.807, 2.05) is 0 Å². The number of urea groups is 1. The Hall–Kier alpha value is -2.05. The first-order valence-electron chi connectivity index (χ1n) is 6.57. The summed E-state index contributed by atoms with van der Waals surface area (Å²) in [7, 11) is 0. The highest BCUT2D eigenvalue weighted by molar-refractivity contribution is 5.86. The average Bonchev–Trinajstić information content (AvgIpc) is 2.92. The van der Waals surface area contributed by atoms with Gasteiger partial charge in [0.1, 0.15) is 11.3 Å². The number of aliphatic carboxylic acids is 1. The summed E-state index contributed by atoms with van der Waals surface area (Å²) in [5.74, 6) is -0.312. The number of carbonyl (C=O) groups is 2. The van der Waals surface area contributed by atoms with Gasteiger partial charge in [0.15, 0.2) is 0 Å². The van der Waals surface area contributed by atoms with E-state index in [2.05, 4.69) is 10.5 Å². The summed E-state index contributed by atoms with van der Waals surface area (Å²) in [6.07, 6.45) is 1.17. The van der Waals surface area contributed by atoms with Gasteiger partial charge in [-0.25, -0.2) is 9.59 Å². The van der Waals surface area contributed by atoms with Crippen LogP contribution in [0.5, 0.6) is 0 Å². The van der Waals surface area contributed by atoms with Crippen molar-refractivity contribution in [1.29, 1.82) is 0 Å². The number of likely N-dealkylation sites (tertiary alicyclic amines) is 1. The third kappa shape index (κ3) is 2.35. The fourth-order valence-electron chi connectivity index (χ4n) is 2.52. The zero-order valence-corrected chi connectivity index (χ0v) is 11.9. The van der Waals surface area contributed by atoms with Crippen molar-refractivity contribution in [2.45, 2.75) is 45.7 Å². The van der Waals surface area contributed by atoms with E-state index in [1.54, 1.807) is 20.8 Å². The van der Waals surface area contributed by atoms with Crippen LogP contribution in [-0.4, -0.2) is 39.2 Å². The maximum atomic E-state index is 12.2. The lowest BCUT2D eigenvalue weighted by atomic mass is 10.00. The average molecular weight is 281 g/mol. The molecule has 0 aromatic carbocycles. The molecule has 2 rings (SSSR count). The van der Waals surface area contributed by atoms with Gasteiger partial charge in [0.2, 0.25) is 0 Å². The highest BCUT2D eigenvalue weighted by atomic mass is 16.5. The largest absolute Gasteiger partial charge is 0.480 e. The Morgan fingerprint density at radius 2 is 2.20 bits per heavy atom. The molecule has 1 aromatic rings. The molecule has 1 aromatic heterocycles. The number of hydrogen-bond acceptors (Lipinski definition) is 4. The molecule has 0 saturated carbocycles. The van der Waals surface area contributed by atoms with E-state index < -0.39 is 11.5 Å². The van der Waals surface area contributed by atoms with Gasteiger partial charge in [0.05, 0.1) is 5.69 Å². The van der Waals surface area contributed by atoms with E-state index in [9.17, 15) is 14.7 Å². The number of rotatable bonds is 3. The Kier molecular flexibility index (Phi) is 3.69. The molecular weight excluding hydrogens is 262 g/mol. The van der Waals surface area contributed by atoms with Crippen LogP contribution in [0.15, 0.2) is 4.52 Å². The number of hydrogen-bond donors (Lipinski definition) is 2. The van der Waals surface area contributed by atoms with Crippen molar-refractivity contribution in [3.63, 3.8) is 0 Å². The highest BCUT2D eigenvalue weighted by Crippen LogP contribution is 2.29. The first-order valence-corrected chi connectivity index (χ1v) is 6.57. The van der Waals surface area contributed by atoms with Gasteiger partial charge >= 0.3 is 12.0 Å². The summed E-state index contributed by atoms with van der Waals surface area (Å²) in [4.78, 5) is 24.9. The van der Waals surface area contributed by atoms with Crippen LogP contribution in [0.25, 0.3) is 0 Å². The fraction of sp³-hybridized carbons (Fsp3) is 0.615. The van der Waals surface area contributed by atoms with Gasteiger partial charge in [-0.1, -0.05) is 5.16 Å². The molecule has 0 bridgehead atoms. The topological polar surface area (TPSA) is 95.7 Å².